The maximum Gasteiger partial charge on any atom is 0.243 e. The minimum absolute atomic E-state index is 0.163. The van der Waals surface area contributed by atoms with E-state index in [1.807, 2.05) is 0 Å². The monoisotopic (exact) mass is 640 g/mol. The van der Waals surface area contributed by atoms with Gasteiger partial charge in [-0.3, -0.25) is 19.2 Å². The van der Waals surface area contributed by atoms with E-state index in [9.17, 15) is 19.2 Å². The van der Waals surface area contributed by atoms with Crippen molar-refractivity contribution >= 4 is 23.6 Å². The van der Waals surface area contributed by atoms with Crippen LogP contribution in [0.25, 0.3) is 0 Å². The third-order valence-corrected chi connectivity index (χ3v) is 8.29. The van der Waals surface area contributed by atoms with E-state index < -0.39 is 35.8 Å². The van der Waals surface area contributed by atoms with Gasteiger partial charge in [0.05, 0.1) is 0 Å². The SMILES string of the molecule is CCCCCCCCCCCCCCCC(=O)N[C@@H](CCCCN)C(=O)N[C@@H](CCCCN)C(=O)N[C@@H](CCCCN)C(N)=O. The Kier molecular flexibility index (Phi) is 28.9. The smallest absolute Gasteiger partial charge is 0.243 e. The van der Waals surface area contributed by atoms with Gasteiger partial charge in [0, 0.05) is 6.42 Å². The molecular formula is C34H69N7O4. The van der Waals surface area contributed by atoms with Gasteiger partial charge in [0.25, 0.3) is 0 Å². The second kappa shape index (κ2) is 30.4. The van der Waals surface area contributed by atoms with Crippen molar-refractivity contribution in [3.8, 4) is 0 Å². The van der Waals surface area contributed by atoms with Crippen LogP contribution in [-0.2, 0) is 19.2 Å². The second-order valence-corrected chi connectivity index (χ2v) is 12.5. The summed E-state index contributed by atoms with van der Waals surface area (Å²) in [5.41, 5.74) is 22.4. The molecule has 0 unspecified atom stereocenters. The van der Waals surface area contributed by atoms with Crippen molar-refractivity contribution in [1.29, 1.82) is 0 Å². The largest absolute Gasteiger partial charge is 0.368 e. The van der Waals surface area contributed by atoms with Gasteiger partial charge in [0.2, 0.25) is 23.6 Å². The van der Waals surface area contributed by atoms with E-state index in [1.165, 1.54) is 64.2 Å². The highest BCUT2D eigenvalue weighted by atomic mass is 16.2. The summed E-state index contributed by atoms with van der Waals surface area (Å²) in [6.07, 6.45) is 21.6. The predicted octanol–water partition coefficient (Wildman–Crippen LogP) is 3.79. The normalized spacial score (nSPS) is 13.2. The molecule has 4 amide bonds. The van der Waals surface area contributed by atoms with E-state index in [-0.39, 0.29) is 5.91 Å². The lowest BCUT2D eigenvalue weighted by molar-refractivity contribution is -0.133. The maximum atomic E-state index is 13.4. The summed E-state index contributed by atoms with van der Waals surface area (Å²) in [4.78, 5) is 51.3. The fraction of sp³-hybridized carbons (Fsp3) is 0.882. The van der Waals surface area contributed by atoms with Crippen molar-refractivity contribution < 1.29 is 19.2 Å². The van der Waals surface area contributed by atoms with Crippen molar-refractivity contribution in [1.82, 2.24) is 16.0 Å². The molecule has 0 saturated carbocycles. The minimum atomic E-state index is -0.879. The van der Waals surface area contributed by atoms with Gasteiger partial charge in [-0.05, 0) is 83.8 Å². The van der Waals surface area contributed by atoms with Gasteiger partial charge in [-0.25, -0.2) is 0 Å². The van der Waals surface area contributed by atoms with Gasteiger partial charge in [0.1, 0.15) is 18.1 Å². The first-order chi connectivity index (χ1) is 21.8. The third-order valence-electron chi connectivity index (χ3n) is 8.29. The van der Waals surface area contributed by atoms with Crippen LogP contribution in [0.2, 0.25) is 0 Å². The molecule has 0 rings (SSSR count). The van der Waals surface area contributed by atoms with Gasteiger partial charge in [-0.2, -0.15) is 0 Å². The molecule has 11 nitrogen and oxygen atoms in total. The second-order valence-electron chi connectivity index (χ2n) is 12.5. The Hall–Kier alpha value is -2.24. The van der Waals surface area contributed by atoms with Crippen LogP contribution in [0.5, 0.6) is 0 Å². The molecule has 0 heterocycles. The van der Waals surface area contributed by atoms with Crippen molar-refractivity contribution in [3.63, 3.8) is 0 Å². The number of hydrogen-bond acceptors (Lipinski definition) is 7. The van der Waals surface area contributed by atoms with Crippen LogP contribution in [0.3, 0.4) is 0 Å². The third kappa shape index (κ3) is 24.6. The number of amides is 4. The Bertz CT molecular complexity index is 769. The molecule has 0 aliphatic rings. The Labute approximate surface area is 273 Å². The summed E-state index contributed by atoms with van der Waals surface area (Å²) in [5.74, 6) is -1.69. The molecule has 3 atom stereocenters. The highest BCUT2D eigenvalue weighted by Gasteiger charge is 2.28. The van der Waals surface area contributed by atoms with Crippen molar-refractivity contribution in [2.45, 2.75) is 173 Å². The number of primary amides is 1. The van der Waals surface area contributed by atoms with Crippen molar-refractivity contribution in [3.05, 3.63) is 0 Å². The quantitative estimate of drug-likeness (QED) is 0.0541. The number of unbranched alkanes of at least 4 members (excludes halogenated alkanes) is 15. The topological polar surface area (TPSA) is 208 Å². The first-order valence-electron chi connectivity index (χ1n) is 18.1. The van der Waals surface area contributed by atoms with Gasteiger partial charge < -0.3 is 38.9 Å². The molecule has 0 aromatic carbocycles. The standard InChI is InChI=1S/C34H69N7O4/c1-2-3-4-5-6-7-8-9-10-11-12-13-14-24-31(42)39-29(22-16-19-26-36)33(44)41-30(23-17-20-27-37)34(45)40-28(32(38)43)21-15-18-25-35/h28-30H,2-27,35-37H2,1H3,(H2,38,43)(H,39,42)(H,40,45)(H,41,44)/t28-,29-,30-/m0/s1. The molecule has 0 aliphatic carbocycles. The zero-order valence-corrected chi connectivity index (χ0v) is 28.6. The van der Waals surface area contributed by atoms with Crippen LogP contribution in [0, 0.1) is 0 Å². The van der Waals surface area contributed by atoms with Crippen LogP contribution < -0.4 is 38.9 Å². The highest BCUT2D eigenvalue weighted by Crippen LogP contribution is 2.13. The Balaban J connectivity index is 4.83. The fourth-order valence-electron chi connectivity index (χ4n) is 5.42. The molecule has 0 bridgehead atoms. The van der Waals surface area contributed by atoms with Crippen LogP contribution >= 0.6 is 0 Å². The number of nitrogens with two attached hydrogens (primary N) is 4. The van der Waals surface area contributed by atoms with Gasteiger partial charge in [-0.1, -0.05) is 84.0 Å². The molecule has 0 radical (unpaired) electrons. The Morgan fingerprint density at radius 2 is 0.822 bits per heavy atom. The summed E-state index contributed by atoms with van der Waals surface area (Å²) >= 11 is 0. The Morgan fingerprint density at radius 1 is 0.467 bits per heavy atom. The summed E-state index contributed by atoms with van der Waals surface area (Å²) in [6, 6.07) is -2.50. The fourth-order valence-corrected chi connectivity index (χ4v) is 5.42. The van der Waals surface area contributed by atoms with Crippen LogP contribution in [0.4, 0.5) is 0 Å². The number of carbonyl (C=O) groups is 4. The van der Waals surface area contributed by atoms with Gasteiger partial charge >= 0.3 is 0 Å². The summed E-state index contributed by atoms with van der Waals surface area (Å²) < 4.78 is 0. The van der Waals surface area contributed by atoms with Crippen molar-refractivity contribution in [2.24, 2.45) is 22.9 Å². The summed E-state index contributed by atoms with van der Waals surface area (Å²) in [6.45, 7) is 3.68. The van der Waals surface area contributed by atoms with E-state index in [0.29, 0.717) is 77.4 Å². The molecule has 45 heavy (non-hydrogen) atoms. The zero-order chi connectivity index (χ0) is 33.5. The number of hydrogen-bond donors (Lipinski definition) is 7. The highest BCUT2D eigenvalue weighted by molar-refractivity contribution is 5.93. The van der Waals surface area contributed by atoms with E-state index in [4.69, 9.17) is 22.9 Å². The average Bonchev–Trinajstić information content (AvgIpc) is 3.01. The molecule has 0 fully saturated rings. The summed E-state index contributed by atoms with van der Waals surface area (Å²) in [7, 11) is 0. The molecule has 0 aromatic rings. The minimum Gasteiger partial charge on any atom is -0.368 e. The van der Waals surface area contributed by atoms with Crippen LogP contribution in [0.1, 0.15) is 155 Å². The number of rotatable bonds is 32. The molecule has 0 saturated heterocycles. The molecule has 11 heteroatoms. The van der Waals surface area contributed by atoms with E-state index in [0.717, 1.165) is 25.7 Å². The lowest BCUT2D eigenvalue weighted by atomic mass is 10.0. The van der Waals surface area contributed by atoms with E-state index in [2.05, 4.69) is 22.9 Å². The van der Waals surface area contributed by atoms with Gasteiger partial charge in [-0.15, -0.1) is 0 Å². The molecule has 264 valence electrons. The number of carbonyl (C=O) groups excluding carboxylic acids is 4. The van der Waals surface area contributed by atoms with E-state index in [1.54, 1.807) is 0 Å². The lowest BCUT2D eigenvalue weighted by Crippen LogP contribution is -2.56. The van der Waals surface area contributed by atoms with Crippen LogP contribution in [0.15, 0.2) is 0 Å². The lowest BCUT2D eigenvalue weighted by Gasteiger charge is -2.25. The Morgan fingerprint density at radius 3 is 1.22 bits per heavy atom. The average molecular weight is 640 g/mol. The molecule has 0 spiro atoms. The zero-order valence-electron chi connectivity index (χ0n) is 28.6. The molecule has 0 aromatic heterocycles. The summed E-state index contributed by atoms with van der Waals surface area (Å²) in [5, 5.41) is 8.43. The molecule has 11 N–H and O–H groups in total. The van der Waals surface area contributed by atoms with Crippen LogP contribution in [-0.4, -0.2) is 61.4 Å². The van der Waals surface area contributed by atoms with Gasteiger partial charge in [0.15, 0.2) is 0 Å². The van der Waals surface area contributed by atoms with Crippen molar-refractivity contribution in [2.75, 3.05) is 19.6 Å². The number of nitrogens with one attached hydrogen (secondary N) is 3. The first-order valence-corrected chi connectivity index (χ1v) is 18.1. The maximum absolute atomic E-state index is 13.4. The van der Waals surface area contributed by atoms with E-state index >= 15 is 0 Å². The molecule has 0 aliphatic heterocycles. The predicted molar refractivity (Wildman–Crippen MR) is 184 cm³/mol. The molecular weight excluding hydrogens is 570 g/mol. The first kappa shape index (κ1) is 42.8.